The highest BCUT2D eigenvalue weighted by molar-refractivity contribution is 5.81. The van der Waals surface area contributed by atoms with Gasteiger partial charge in [-0.3, -0.25) is 9.82 Å². The molecule has 1 aliphatic rings. The van der Waals surface area contributed by atoms with Gasteiger partial charge in [0.1, 0.15) is 0 Å². The Kier molecular flexibility index (Phi) is 3.29. The second-order valence-corrected chi connectivity index (χ2v) is 4.37. The monoisotopic (exact) mass is 256 g/mol. The number of aromatic nitrogens is 1. The minimum absolute atomic E-state index is 0.713. The maximum Gasteiger partial charge on any atom is 0.218 e. The van der Waals surface area contributed by atoms with Gasteiger partial charge in [-0.1, -0.05) is 18.2 Å². The van der Waals surface area contributed by atoms with Crippen LogP contribution in [-0.4, -0.2) is 36.2 Å². The highest BCUT2D eigenvalue weighted by Crippen LogP contribution is 2.13. The van der Waals surface area contributed by atoms with Crippen molar-refractivity contribution in [3.8, 4) is 0 Å². The third-order valence-electron chi connectivity index (χ3n) is 3.14. The summed E-state index contributed by atoms with van der Waals surface area (Å²) in [5.74, 6) is 0.795. The molecule has 0 aliphatic carbocycles. The van der Waals surface area contributed by atoms with E-state index in [-0.39, 0.29) is 0 Å². The van der Waals surface area contributed by atoms with E-state index < -0.39 is 0 Å². The molecule has 0 saturated heterocycles. The quantitative estimate of drug-likeness (QED) is 0.905. The summed E-state index contributed by atoms with van der Waals surface area (Å²) in [5.41, 5.74) is 2.19. The zero-order chi connectivity index (χ0) is 13.1. The first-order valence-electron chi connectivity index (χ1n) is 6.30. The van der Waals surface area contributed by atoms with Crippen LogP contribution in [0.3, 0.4) is 0 Å². The molecule has 0 amide bonds. The predicted octanol–water partition coefficient (Wildman–Crippen LogP) is 1.56. The number of hydrogen-bond donors (Lipinski definition) is 1. The summed E-state index contributed by atoms with van der Waals surface area (Å²) in [6.07, 6.45) is 1.81. The van der Waals surface area contributed by atoms with Crippen LogP contribution in [-0.2, 0) is 11.4 Å². The van der Waals surface area contributed by atoms with E-state index in [0.29, 0.717) is 6.54 Å². The Labute approximate surface area is 111 Å². The van der Waals surface area contributed by atoms with Crippen LogP contribution in [0.4, 0.5) is 0 Å². The average Bonchev–Trinajstić information content (AvgIpc) is 2.92. The summed E-state index contributed by atoms with van der Waals surface area (Å²) >= 11 is 0. The van der Waals surface area contributed by atoms with Crippen LogP contribution in [0, 0.1) is 0 Å². The van der Waals surface area contributed by atoms with E-state index in [2.05, 4.69) is 39.6 Å². The van der Waals surface area contributed by atoms with Gasteiger partial charge < -0.3 is 5.32 Å². The number of aliphatic imine (C=N–C) groups is 1. The van der Waals surface area contributed by atoms with E-state index in [1.165, 1.54) is 5.56 Å². The Hall–Kier alpha value is -2.14. The molecule has 0 atom stereocenters. The van der Waals surface area contributed by atoms with Gasteiger partial charge in [0.15, 0.2) is 0 Å². The molecule has 19 heavy (non-hydrogen) atoms. The maximum absolute atomic E-state index is 5.21. The number of rotatable bonds is 3. The Morgan fingerprint density at radius 1 is 1.37 bits per heavy atom. The van der Waals surface area contributed by atoms with Crippen molar-refractivity contribution in [3.63, 3.8) is 0 Å². The highest BCUT2D eigenvalue weighted by atomic mass is 16.7. The summed E-state index contributed by atoms with van der Waals surface area (Å²) in [4.78, 5) is 13.9. The van der Waals surface area contributed by atoms with Gasteiger partial charge in [-0.25, -0.2) is 10.1 Å². The zero-order valence-corrected chi connectivity index (χ0v) is 10.8. The van der Waals surface area contributed by atoms with E-state index in [9.17, 15) is 0 Å². The Bertz CT molecular complexity index is 611. The van der Waals surface area contributed by atoms with Gasteiger partial charge in [0.25, 0.3) is 0 Å². The first kappa shape index (κ1) is 11.9. The van der Waals surface area contributed by atoms with Crippen molar-refractivity contribution < 1.29 is 4.84 Å². The van der Waals surface area contributed by atoms with Crippen LogP contribution < -0.4 is 5.32 Å². The number of hydrogen-bond acceptors (Lipinski definition) is 5. The fourth-order valence-electron chi connectivity index (χ4n) is 2.16. The van der Waals surface area contributed by atoms with Gasteiger partial charge in [-0.05, 0) is 17.7 Å². The lowest BCUT2D eigenvalue weighted by atomic mass is 10.1. The highest BCUT2D eigenvalue weighted by Gasteiger charge is 2.15. The van der Waals surface area contributed by atoms with Gasteiger partial charge in [0.05, 0.1) is 25.7 Å². The minimum atomic E-state index is 0.713. The van der Waals surface area contributed by atoms with E-state index in [1.54, 1.807) is 12.2 Å². The molecule has 0 fully saturated rings. The smallest absolute Gasteiger partial charge is 0.218 e. The van der Waals surface area contributed by atoms with Crippen molar-refractivity contribution in [2.75, 3.05) is 20.2 Å². The molecule has 0 unspecified atom stereocenters. The van der Waals surface area contributed by atoms with Gasteiger partial charge in [-0.2, -0.15) is 0 Å². The number of nitrogens with zero attached hydrogens (tertiary/aromatic N) is 3. The second kappa shape index (κ2) is 5.24. The second-order valence-electron chi connectivity index (χ2n) is 4.37. The number of guanidine groups is 1. The molecule has 98 valence electrons. The third kappa shape index (κ3) is 2.51. The molecule has 0 spiro atoms. The number of benzene rings is 1. The summed E-state index contributed by atoms with van der Waals surface area (Å²) < 4.78 is 0. The molecule has 2 heterocycles. The maximum atomic E-state index is 5.21. The fraction of sp³-hybridized carbons (Fsp3) is 0.286. The number of fused-ring (bicyclic) bond motifs is 1. The van der Waals surface area contributed by atoms with Crippen LogP contribution >= 0.6 is 0 Å². The average molecular weight is 256 g/mol. The van der Waals surface area contributed by atoms with Crippen LogP contribution in [0.5, 0.6) is 0 Å². The normalized spacial score (nSPS) is 14.8. The standard InChI is InChI=1S/C14H16N4O/c1-19-18-8-7-16-14(18)17-10-11-4-5-12-3-2-6-15-13(12)9-11/h2-6,9H,7-8,10H2,1H3,(H,16,17). The molecule has 1 aliphatic heterocycles. The van der Waals surface area contributed by atoms with Crippen LogP contribution in [0.25, 0.3) is 10.9 Å². The molecule has 2 aromatic rings. The van der Waals surface area contributed by atoms with E-state index in [1.807, 2.05) is 12.3 Å². The molecule has 5 nitrogen and oxygen atoms in total. The van der Waals surface area contributed by atoms with Crippen LogP contribution in [0.1, 0.15) is 5.56 Å². The topological polar surface area (TPSA) is 49.8 Å². The SMILES string of the molecule is CON1CCN=C1NCc1ccc2cccnc2c1. The molecule has 1 aromatic carbocycles. The molecule has 1 N–H and O–H groups in total. The predicted molar refractivity (Wildman–Crippen MR) is 74.6 cm³/mol. The number of hydroxylamine groups is 2. The molecular formula is C14H16N4O. The van der Waals surface area contributed by atoms with Crippen molar-refractivity contribution in [1.82, 2.24) is 15.4 Å². The van der Waals surface area contributed by atoms with Gasteiger partial charge in [-0.15, -0.1) is 0 Å². The lowest BCUT2D eigenvalue weighted by Gasteiger charge is -2.17. The molecule has 1 aromatic heterocycles. The van der Waals surface area contributed by atoms with E-state index in [4.69, 9.17) is 4.84 Å². The van der Waals surface area contributed by atoms with E-state index >= 15 is 0 Å². The molecule has 0 bridgehead atoms. The molecule has 5 heteroatoms. The summed E-state index contributed by atoms with van der Waals surface area (Å²) in [6.45, 7) is 2.29. The first-order chi connectivity index (χ1) is 9.36. The van der Waals surface area contributed by atoms with Crippen LogP contribution in [0.2, 0.25) is 0 Å². The summed E-state index contributed by atoms with van der Waals surface area (Å²) in [5, 5.41) is 6.21. The van der Waals surface area contributed by atoms with Crippen molar-refractivity contribution >= 4 is 16.9 Å². The van der Waals surface area contributed by atoms with Crippen molar-refractivity contribution in [2.45, 2.75) is 6.54 Å². The van der Waals surface area contributed by atoms with Gasteiger partial charge in [0.2, 0.25) is 5.96 Å². The Morgan fingerprint density at radius 3 is 3.21 bits per heavy atom. The van der Waals surface area contributed by atoms with Crippen molar-refractivity contribution in [1.29, 1.82) is 0 Å². The molecular weight excluding hydrogens is 240 g/mol. The number of pyridine rings is 1. The number of nitrogens with one attached hydrogen (secondary N) is 1. The zero-order valence-electron chi connectivity index (χ0n) is 10.8. The summed E-state index contributed by atoms with van der Waals surface area (Å²) in [7, 11) is 1.66. The lowest BCUT2D eigenvalue weighted by molar-refractivity contribution is -0.0582. The molecule has 0 saturated carbocycles. The van der Waals surface area contributed by atoms with Crippen molar-refractivity contribution in [2.24, 2.45) is 4.99 Å². The Morgan fingerprint density at radius 2 is 2.32 bits per heavy atom. The van der Waals surface area contributed by atoms with Crippen molar-refractivity contribution in [3.05, 3.63) is 42.1 Å². The van der Waals surface area contributed by atoms with Crippen LogP contribution in [0.15, 0.2) is 41.5 Å². The first-order valence-corrected chi connectivity index (χ1v) is 6.30. The van der Waals surface area contributed by atoms with E-state index in [0.717, 1.165) is 30.0 Å². The fourth-order valence-corrected chi connectivity index (χ4v) is 2.16. The largest absolute Gasteiger partial charge is 0.350 e. The lowest BCUT2D eigenvalue weighted by Crippen LogP contribution is -2.37. The third-order valence-corrected chi connectivity index (χ3v) is 3.14. The molecule has 0 radical (unpaired) electrons. The summed E-state index contributed by atoms with van der Waals surface area (Å²) in [6, 6.07) is 10.3. The minimum Gasteiger partial charge on any atom is -0.350 e. The van der Waals surface area contributed by atoms with Gasteiger partial charge >= 0.3 is 0 Å². The van der Waals surface area contributed by atoms with Gasteiger partial charge in [0, 0.05) is 18.1 Å². The molecule has 3 rings (SSSR count). The Balaban J connectivity index is 1.71.